The number of anilines is 3. The summed E-state index contributed by atoms with van der Waals surface area (Å²) in [6.07, 6.45) is 1.65. The third kappa shape index (κ3) is 5.39. The maximum absolute atomic E-state index is 12.1. The number of amides is 2. The summed E-state index contributed by atoms with van der Waals surface area (Å²) in [6, 6.07) is 23.0. The predicted molar refractivity (Wildman–Crippen MR) is 123 cm³/mol. The van der Waals surface area contributed by atoms with E-state index in [1.54, 1.807) is 30.5 Å². The zero-order chi connectivity index (χ0) is 21.5. The number of benzene rings is 2. The van der Waals surface area contributed by atoms with Gasteiger partial charge in [0.1, 0.15) is 5.82 Å². The summed E-state index contributed by atoms with van der Waals surface area (Å²) in [5.74, 6) is 0.317. The van der Waals surface area contributed by atoms with Gasteiger partial charge in [0.15, 0.2) is 0 Å². The van der Waals surface area contributed by atoms with Gasteiger partial charge in [-0.25, -0.2) is 4.98 Å². The van der Waals surface area contributed by atoms with E-state index in [4.69, 9.17) is 0 Å². The van der Waals surface area contributed by atoms with E-state index in [-0.39, 0.29) is 18.4 Å². The lowest BCUT2D eigenvalue weighted by molar-refractivity contribution is -0.115. The van der Waals surface area contributed by atoms with E-state index in [2.05, 4.69) is 49.7 Å². The number of hydrogen-bond donors (Lipinski definition) is 2. The maximum atomic E-state index is 12.1. The van der Waals surface area contributed by atoms with E-state index >= 15 is 0 Å². The van der Waals surface area contributed by atoms with Crippen molar-refractivity contribution in [3.63, 3.8) is 0 Å². The molecule has 1 aliphatic heterocycles. The van der Waals surface area contributed by atoms with Crippen LogP contribution in [0.1, 0.15) is 10.4 Å². The van der Waals surface area contributed by atoms with Crippen molar-refractivity contribution in [3.05, 3.63) is 84.6 Å². The number of aromatic nitrogens is 1. The van der Waals surface area contributed by atoms with Crippen LogP contribution < -0.4 is 20.4 Å². The molecule has 1 aromatic heterocycles. The lowest BCUT2D eigenvalue weighted by Gasteiger charge is -2.36. The average molecular weight is 415 g/mol. The number of rotatable bonds is 6. The van der Waals surface area contributed by atoms with Crippen molar-refractivity contribution in [2.75, 3.05) is 47.8 Å². The highest BCUT2D eigenvalue weighted by Gasteiger charge is 2.18. The summed E-state index contributed by atoms with van der Waals surface area (Å²) in [7, 11) is 0. The monoisotopic (exact) mass is 415 g/mol. The lowest BCUT2D eigenvalue weighted by atomic mass is 10.2. The van der Waals surface area contributed by atoms with Gasteiger partial charge in [-0.3, -0.25) is 9.59 Å². The van der Waals surface area contributed by atoms with Crippen molar-refractivity contribution < 1.29 is 9.59 Å². The molecule has 31 heavy (non-hydrogen) atoms. The van der Waals surface area contributed by atoms with Gasteiger partial charge in [-0.15, -0.1) is 0 Å². The van der Waals surface area contributed by atoms with E-state index in [1.807, 2.05) is 24.3 Å². The second-order valence-corrected chi connectivity index (χ2v) is 7.31. The van der Waals surface area contributed by atoms with Gasteiger partial charge in [0.05, 0.1) is 18.4 Å². The fraction of sp³-hybridized carbons (Fsp3) is 0.208. The Labute approximate surface area is 181 Å². The van der Waals surface area contributed by atoms with E-state index in [9.17, 15) is 9.59 Å². The summed E-state index contributed by atoms with van der Waals surface area (Å²) in [4.78, 5) is 33.3. The number of para-hydroxylation sites is 1. The maximum Gasteiger partial charge on any atom is 0.251 e. The zero-order valence-corrected chi connectivity index (χ0v) is 17.2. The standard InChI is InChI=1S/C24H25N5O2/c30-23(18-26-24(31)19-7-3-1-4-8-19)27-20-11-12-22(25-17-20)29-15-13-28(14-16-29)21-9-5-2-6-10-21/h1-12,17H,13-16,18H2,(H,26,31)(H,27,30). The van der Waals surface area contributed by atoms with Gasteiger partial charge < -0.3 is 20.4 Å². The molecular weight excluding hydrogens is 390 g/mol. The largest absolute Gasteiger partial charge is 0.368 e. The smallest absolute Gasteiger partial charge is 0.251 e. The van der Waals surface area contributed by atoms with Crippen LogP contribution in [0, 0.1) is 0 Å². The average Bonchev–Trinajstić information content (AvgIpc) is 2.84. The van der Waals surface area contributed by atoms with Crippen molar-refractivity contribution in [2.24, 2.45) is 0 Å². The zero-order valence-electron chi connectivity index (χ0n) is 17.2. The Bertz CT molecular complexity index is 1000. The highest BCUT2D eigenvalue weighted by atomic mass is 16.2. The van der Waals surface area contributed by atoms with Crippen LogP contribution in [0.15, 0.2) is 79.0 Å². The molecule has 0 bridgehead atoms. The van der Waals surface area contributed by atoms with Crippen LogP contribution >= 0.6 is 0 Å². The molecule has 7 nitrogen and oxygen atoms in total. The Morgan fingerprint density at radius 3 is 2.10 bits per heavy atom. The Morgan fingerprint density at radius 1 is 0.806 bits per heavy atom. The van der Waals surface area contributed by atoms with Gasteiger partial charge in [-0.05, 0) is 36.4 Å². The van der Waals surface area contributed by atoms with Gasteiger partial charge in [0, 0.05) is 37.4 Å². The Hall–Kier alpha value is -3.87. The van der Waals surface area contributed by atoms with Crippen molar-refractivity contribution >= 4 is 29.0 Å². The lowest BCUT2D eigenvalue weighted by Crippen LogP contribution is -2.46. The van der Waals surface area contributed by atoms with Gasteiger partial charge in [0.2, 0.25) is 5.91 Å². The number of carbonyl (C=O) groups is 2. The summed E-state index contributed by atoms with van der Waals surface area (Å²) < 4.78 is 0. The summed E-state index contributed by atoms with van der Waals surface area (Å²) in [6.45, 7) is 3.55. The molecular formula is C24H25N5O2. The number of carbonyl (C=O) groups excluding carboxylic acids is 2. The van der Waals surface area contributed by atoms with Crippen molar-refractivity contribution in [2.45, 2.75) is 0 Å². The first-order valence-corrected chi connectivity index (χ1v) is 10.3. The summed E-state index contributed by atoms with van der Waals surface area (Å²) >= 11 is 0. The first kappa shape index (κ1) is 20.4. The Balaban J connectivity index is 1.25. The van der Waals surface area contributed by atoms with Crippen LogP contribution in [0.4, 0.5) is 17.2 Å². The van der Waals surface area contributed by atoms with Crippen LogP contribution in [-0.2, 0) is 4.79 Å². The molecule has 0 unspecified atom stereocenters. The van der Waals surface area contributed by atoms with Gasteiger partial charge in [-0.2, -0.15) is 0 Å². The van der Waals surface area contributed by atoms with Gasteiger partial charge in [0.25, 0.3) is 5.91 Å². The van der Waals surface area contributed by atoms with Crippen molar-refractivity contribution in [1.29, 1.82) is 0 Å². The summed E-state index contributed by atoms with van der Waals surface area (Å²) in [5, 5.41) is 5.38. The molecule has 0 aliphatic carbocycles. The van der Waals surface area contributed by atoms with Crippen LogP contribution in [0.25, 0.3) is 0 Å². The highest BCUT2D eigenvalue weighted by molar-refractivity contribution is 5.99. The molecule has 7 heteroatoms. The van der Waals surface area contributed by atoms with Crippen molar-refractivity contribution in [1.82, 2.24) is 10.3 Å². The first-order valence-electron chi connectivity index (χ1n) is 10.3. The molecule has 4 rings (SSSR count). The molecule has 2 N–H and O–H groups in total. The molecule has 0 spiro atoms. The topological polar surface area (TPSA) is 77.6 Å². The first-order chi connectivity index (χ1) is 15.2. The van der Waals surface area contributed by atoms with Gasteiger partial charge in [-0.1, -0.05) is 36.4 Å². The predicted octanol–water partition coefficient (Wildman–Crippen LogP) is 2.78. The third-order valence-corrected chi connectivity index (χ3v) is 5.20. The third-order valence-electron chi connectivity index (χ3n) is 5.20. The molecule has 1 fully saturated rings. The molecule has 3 aromatic rings. The van der Waals surface area contributed by atoms with Crippen LogP contribution in [0.2, 0.25) is 0 Å². The van der Waals surface area contributed by atoms with E-state index in [0.717, 1.165) is 32.0 Å². The van der Waals surface area contributed by atoms with E-state index in [1.165, 1.54) is 5.69 Å². The molecule has 2 heterocycles. The Morgan fingerprint density at radius 2 is 1.45 bits per heavy atom. The minimum atomic E-state index is -0.296. The molecule has 2 amide bonds. The molecule has 0 atom stereocenters. The highest BCUT2D eigenvalue weighted by Crippen LogP contribution is 2.20. The van der Waals surface area contributed by atoms with Crippen molar-refractivity contribution in [3.8, 4) is 0 Å². The molecule has 0 radical (unpaired) electrons. The fourth-order valence-corrected chi connectivity index (χ4v) is 3.54. The quantitative estimate of drug-likeness (QED) is 0.647. The molecule has 0 saturated carbocycles. The molecule has 1 saturated heterocycles. The van der Waals surface area contributed by atoms with E-state index in [0.29, 0.717) is 11.3 Å². The Kier molecular flexibility index (Phi) is 6.42. The minimum absolute atomic E-state index is 0.100. The van der Waals surface area contributed by atoms with Crippen LogP contribution in [0.3, 0.4) is 0 Å². The normalized spacial score (nSPS) is 13.5. The fourth-order valence-electron chi connectivity index (χ4n) is 3.54. The summed E-state index contributed by atoms with van der Waals surface area (Å²) in [5.41, 5.74) is 2.37. The minimum Gasteiger partial charge on any atom is -0.368 e. The van der Waals surface area contributed by atoms with E-state index < -0.39 is 0 Å². The number of pyridine rings is 1. The number of piperazine rings is 1. The number of hydrogen-bond acceptors (Lipinski definition) is 5. The second-order valence-electron chi connectivity index (χ2n) is 7.31. The van der Waals surface area contributed by atoms with Crippen LogP contribution in [-0.4, -0.2) is 49.5 Å². The van der Waals surface area contributed by atoms with Crippen LogP contribution in [0.5, 0.6) is 0 Å². The molecule has 2 aromatic carbocycles. The molecule has 158 valence electrons. The number of nitrogens with one attached hydrogen (secondary N) is 2. The second kappa shape index (κ2) is 9.75. The SMILES string of the molecule is O=C(CNC(=O)c1ccccc1)Nc1ccc(N2CCN(c3ccccc3)CC2)nc1. The van der Waals surface area contributed by atoms with Gasteiger partial charge >= 0.3 is 0 Å². The number of nitrogens with zero attached hydrogens (tertiary/aromatic N) is 3. The molecule has 1 aliphatic rings.